The van der Waals surface area contributed by atoms with Crippen molar-refractivity contribution in [2.24, 2.45) is 5.92 Å². The third kappa shape index (κ3) is 5.69. The number of hydrogen-bond donors (Lipinski definition) is 2. The van der Waals surface area contributed by atoms with E-state index in [9.17, 15) is 9.59 Å². The highest BCUT2D eigenvalue weighted by Crippen LogP contribution is 2.16. The van der Waals surface area contributed by atoms with E-state index < -0.39 is 0 Å². The fourth-order valence-electron chi connectivity index (χ4n) is 3.25. The molecule has 160 valence electrons. The van der Waals surface area contributed by atoms with E-state index >= 15 is 0 Å². The van der Waals surface area contributed by atoms with E-state index in [1.54, 1.807) is 30.0 Å². The van der Waals surface area contributed by atoms with Gasteiger partial charge < -0.3 is 14.9 Å². The Balaban J connectivity index is 1.46. The molecule has 0 saturated carbocycles. The Bertz CT molecular complexity index is 1060. The monoisotopic (exact) mass is 428 g/mol. The number of hydrogen-bond acceptors (Lipinski definition) is 6. The van der Waals surface area contributed by atoms with Crippen molar-refractivity contribution < 1.29 is 4.79 Å². The Labute approximate surface area is 179 Å². The van der Waals surface area contributed by atoms with Crippen LogP contribution in [0.4, 0.5) is 0 Å². The second kappa shape index (κ2) is 10.4. The minimum Gasteiger partial charge on any atom is -0.356 e. The molecule has 0 aliphatic heterocycles. The number of fused-ring (bicyclic) bond motifs is 1. The van der Waals surface area contributed by atoms with E-state index in [4.69, 9.17) is 0 Å². The molecular weight excluding hydrogens is 400 g/mol. The number of carbonyl (C=O) groups is 1. The summed E-state index contributed by atoms with van der Waals surface area (Å²) in [6, 6.07) is 7.19. The van der Waals surface area contributed by atoms with Gasteiger partial charge in [-0.2, -0.15) is 0 Å². The first-order valence-corrected chi connectivity index (χ1v) is 11.4. The molecule has 0 fully saturated rings. The molecule has 0 aliphatic rings. The fourth-order valence-corrected chi connectivity index (χ4v) is 3.77. The predicted octanol–water partition coefficient (Wildman–Crippen LogP) is 2.57. The lowest BCUT2D eigenvalue weighted by Crippen LogP contribution is -2.26. The van der Waals surface area contributed by atoms with E-state index in [1.165, 1.54) is 0 Å². The maximum atomic E-state index is 12.2. The maximum Gasteiger partial charge on any atom is 0.258 e. The summed E-state index contributed by atoms with van der Waals surface area (Å²) >= 11 is 1.60. The largest absolute Gasteiger partial charge is 0.356 e. The number of benzene rings is 1. The van der Waals surface area contributed by atoms with Crippen molar-refractivity contribution in [2.45, 2.75) is 51.2 Å². The van der Waals surface area contributed by atoms with Gasteiger partial charge >= 0.3 is 0 Å². The van der Waals surface area contributed by atoms with Crippen LogP contribution < -0.4 is 10.9 Å². The normalized spacial score (nSPS) is 11.3. The first-order chi connectivity index (χ1) is 14.5. The van der Waals surface area contributed by atoms with E-state index in [2.05, 4.69) is 43.9 Å². The Morgan fingerprint density at radius 3 is 2.80 bits per heavy atom. The van der Waals surface area contributed by atoms with Gasteiger partial charge in [0.15, 0.2) is 5.16 Å². The number of carbonyl (C=O) groups excluding carboxylic acids is 1. The predicted molar refractivity (Wildman–Crippen MR) is 119 cm³/mol. The Morgan fingerprint density at radius 1 is 1.23 bits per heavy atom. The summed E-state index contributed by atoms with van der Waals surface area (Å²) in [6.45, 7) is 5.81. The average Bonchev–Trinajstić information content (AvgIpc) is 3.10. The fraction of sp³-hybridized carbons (Fsp3) is 0.476. The van der Waals surface area contributed by atoms with Crippen LogP contribution in [0, 0.1) is 5.92 Å². The first kappa shape index (κ1) is 22.0. The van der Waals surface area contributed by atoms with Gasteiger partial charge in [0.2, 0.25) is 5.91 Å². The molecule has 0 saturated heterocycles. The summed E-state index contributed by atoms with van der Waals surface area (Å²) in [7, 11) is 0. The number of nitrogens with one attached hydrogen (secondary N) is 2. The quantitative estimate of drug-likeness (QED) is 0.380. The number of rotatable bonds is 10. The zero-order valence-electron chi connectivity index (χ0n) is 17.6. The van der Waals surface area contributed by atoms with Gasteiger partial charge in [-0.25, -0.2) is 4.98 Å². The highest BCUT2D eigenvalue weighted by atomic mass is 32.2. The van der Waals surface area contributed by atoms with Crippen LogP contribution in [0.5, 0.6) is 0 Å². The van der Waals surface area contributed by atoms with E-state index in [-0.39, 0.29) is 17.9 Å². The lowest BCUT2D eigenvalue weighted by Gasteiger charge is -2.11. The van der Waals surface area contributed by atoms with Gasteiger partial charge in [0.25, 0.3) is 5.56 Å². The Morgan fingerprint density at radius 2 is 2.03 bits per heavy atom. The number of nitrogens with zero attached hydrogens (tertiary/aromatic N) is 4. The highest BCUT2D eigenvalue weighted by molar-refractivity contribution is 7.98. The molecule has 0 unspecified atom stereocenters. The van der Waals surface area contributed by atoms with Crippen LogP contribution in [-0.4, -0.2) is 43.4 Å². The Hall–Kier alpha value is -2.68. The lowest BCUT2D eigenvalue weighted by atomic mass is 10.2. The van der Waals surface area contributed by atoms with Crippen molar-refractivity contribution in [1.29, 1.82) is 0 Å². The Kier molecular flexibility index (Phi) is 7.62. The molecule has 0 radical (unpaired) electrons. The summed E-state index contributed by atoms with van der Waals surface area (Å²) in [6.07, 6.45) is 4.23. The zero-order valence-corrected chi connectivity index (χ0v) is 18.5. The van der Waals surface area contributed by atoms with Gasteiger partial charge in [-0.1, -0.05) is 37.7 Å². The number of aromatic nitrogens is 5. The van der Waals surface area contributed by atoms with Crippen LogP contribution >= 0.6 is 11.8 Å². The third-order valence-corrected chi connectivity index (χ3v) is 5.34. The molecule has 3 aromatic rings. The topological polar surface area (TPSA) is 106 Å². The third-order valence-electron chi connectivity index (χ3n) is 4.67. The molecule has 0 bridgehead atoms. The second-order valence-electron chi connectivity index (χ2n) is 7.59. The van der Waals surface area contributed by atoms with Crippen molar-refractivity contribution in [2.75, 3.05) is 12.8 Å². The van der Waals surface area contributed by atoms with Crippen LogP contribution in [-0.2, 0) is 24.2 Å². The molecule has 3 rings (SSSR count). The summed E-state index contributed by atoms with van der Waals surface area (Å²) in [4.78, 5) is 31.5. The first-order valence-electron chi connectivity index (χ1n) is 10.2. The zero-order chi connectivity index (χ0) is 21.5. The summed E-state index contributed by atoms with van der Waals surface area (Å²) in [5.41, 5.74) is 0.470. The van der Waals surface area contributed by atoms with Crippen molar-refractivity contribution >= 4 is 28.6 Å². The number of aromatic amines is 1. The van der Waals surface area contributed by atoms with Gasteiger partial charge in [-0.05, 0) is 30.7 Å². The van der Waals surface area contributed by atoms with Crippen LogP contribution in [0.25, 0.3) is 10.9 Å². The smallest absolute Gasteiger partial charge is 0.258 e. The number of thioether (sulfide) groups is 1. The standard InChI is InChI=1S/C21H28N6O2S/c1-14(2)13-27-18(25-26-21(27)30-3)9-6-12-22-19(28)11-10-17-23-16-8-5-4-7-15(16)20(29)24-17/h4-5,7-8,14H,6,9-13H2,1-3H3,(H,22,28)(H,23,24,29). The number of aryl methyl sites for hydroxylation is 2. The average molecular weight is 429 g/mol. The SMILES string of the molecule is CSc1nnc(CCCNC(=O)CCc2nc3ccccc3c(=O)[nH]2)n1CC(C)C. The summed E-state index contributed by atoms with van der Waals surface area (Å²) in [5.74, 6) is 1.94. The van der Waals surface area contributed by atoms with Gasteiger partial charge in [-0.3, -0.25) is 9.59 Å². The molecule has 2 N–H and O–H groups in total. The molecule has 1 aromatic carbocycles. The van der Waals surface area contributed by atoms with E-state index in [1.807, 2.05) is 12.3 Å². The van der Waals surface area contributed by atoms with Crippen molar-refractivity contribution in [3.8, 4) is 0 Å². The lowest BCUT2D eigenvalue weighted by molar-refractivity contribution is -0.121. The molecule has 8 nitrogen and oxygen atoms in total. The number of para-hydroxylation sites is 1. The molecule has 0 atom stereocenters. The van der Waals surface area contributed by atoms with Gasteiger partial charge in [0.1, 0.15) is 11.6 Å². The minimum absolute atomic E-state index is 0.0562. The highest BCUT2D eigenvalue weighted by Gasteiger charge is 2.12. The molecule has 2 heterocycles. The molecule has 30 heavy (non-hydrogen) atoms. The van der Waals surface area contributed by atoms with Crippen LogP contribution in [0.2, 0.25) is 0 Å². The second-order valence-corrected chi connectivity index (χ2v) is 8.36. The van der Waals surface area contributed by atoms with Gasteiger partial charge in [-0.15, -0.1) is 10.2 Å². The molecule has 9 heteroatoms. The molecule has 0 aliphatic carbocycles. The van der Waals surface area contributed by atoms with Crippen LogP contribution in [0.1, 0.15) is 38.3 Å². The van der Waals surface area contributed by atoms with Crippen molar-refractivity contribution in [3.05, 3.63) is 46.3 Å². The minimum atomic E-state index is -0.175. The van der Waals surface area contributed by atoms with Crippen molar-refractivity contribution in [3.63, 3.8) is 0 Å². The van der Waals surface area contributed by atoms with Crippen molar-refractivity contribution in [1.82, 2.24) is 30.0 Å². The molecule has 1 amide bonds. The molecular formula is C21H28N6O2S. The van der Waals surface area contributed by atoms with E-state index in [0.717, 1.165) is 30.4 Å². The van der Waals surface area contributed by atoms with E-state index in [0.29, 0.717) is 35.6 Å². The number of amides is 1. The molecule has 0 spiro atoms. The van der Waals surface area contributed by atoms with Gasteiger partial charge in [0, 0.05) is 32.4 Å². The van der Waals surface area contributed by atoms with Crippen LogP contribution in [0.15, 0.2) is 34.2 Å². The number of H-pyrrole nitrogens is 1. The summed E-state index contributed by atoms with van der Waals surface area (Å²) in [5, 5.41) is 13.0. The summed E-state index contributed by atoms with van der Waals surface area (Å²) < 4.78 is 2.17. The van der Waals surface area contributed by atoms with Crippen LogP contribution in [0.3, 0.4) is 0 Å². The molecule has 2 aromatic heterocycles. The maximum absolute atomic E-state index is 12.2. The van der Waals surface area contributed by atoms with Gasteiger partial charge in [0.05, 0.1) is 10.9 Å².